The van der Waals surface area contributed by atoms with E-state index >= 15 is 0 Å². The highest BCUT2D eigenvalue weighted by atomic mass is 15.4. The van der Waals surface area contributed by atoms with E-state index in [0.717, 1.165) is 50.9 Å². The van der Waals surface area contributed by atoms with Gasteiger partial charge in [0.05, 0.1) is 23.1 Å². The van der Waals surface area contributed by atoms with Crippen molar-refractivity contribution in [1.29, 1.82) is 0 Å². The second kappa shape index (κ2) is 14.1. The van der Waals surface area contributed by atoms with E-state index in [1.165, 1.54) is 39.3 Å². The Morgan fingerprint density at radius 1 is 0.878 bits per heavy atom. The summed E-state index contributed by atoms with van der Waals surface area (Å²) in [5, 5.41) is 1.74. The Bertz CT molecular complexity index is 1810. The van der Waals surface area contributed by atoms with Crippen LogP contribution in [0.5, 0.6) is 0 Å². The number of nitrogens with zero attached hydrogens (tertiary/aromatic N) is 4. The minimum Gasteiger partial charge on any atom is -0.396 e. The summed E-state index contributed by atoms with van der Waals surface area (Å²) in [7, 11) is 0. The average Bonchev–Trinajstić information content (AvgIpc) is 3.45. The maximum Gasteiger partial charge on any atom is 0.0874 e. The molecule has 0 spiro atoms. The number of fused-ring (bicyclic) bond motifs is 2. The Kier molecular flexibility index (Phi) is 9.89. The number of para-hydroxylation sites is 2. The van der Waals surface area contributed by atoms with Gasteiger partial charge in [0.25, 0.3) is 0 Å². The van der Waals surface area contributed by atoms with Crippen molar-refractivity contribution in [3.8, 4) is 0 Å². The number of nitrogens with two attached hydrogens (primary N) is 2. The Balaban J connectivity index is 1.45. The quantitative estimate of drug-likeness (QED) is 0.168. The number of hydrogen-bond donors (Lipinski definition) is 2. The highest BCUT2D eigenvalue weighted by Gasteiger charge is 2.43. The Hall–Kier alpha value is -4.55. The third-order valence-corrected chi connectivity index (χ3v) is 10.6. The molecule has 2 aromatic carbocycles. The van der Waals surface area contributed by atoms with Crippen LogP contribution in [0.4, 0.5) is 11.4 Å². The number of hydrazine groups is 1. The lowest BCUT2D eigenvalue weighted by Crippen LogP contribution is -2.40. The van der Waals surface area contributed by atoms with E-state index in [9.17, 15) is 0 Å². The van der Waals surface area contributed by atoms with Crippen molar-refractivity contribution in [2.75, 3.05) is 22.9 Å². The van der Waals surface area contributed by atoms with Crippen molar-refractivity contribution >= 4 is 17.1 Å². The fourth-order valence-corrected chi connectivity index (χ4v) is 8.19. The molecule has 1 aliphatic carbocycles. The van der Waals surface area contributed by atoms with E-state index in [1.54, 1.807) is 11.2 Å². The van der Waals surface area contributed by atoms with E-state index in [4.69, 9.17) is 11.6 Å². The molecule has 256 valence electrons. The number of pyridine rings is 1. The smallest absolute Gasteiger partial charge is 0.0874 e. The van der Waals surface area contributed by atoms with Gasteiger partial charge < -0.3 is 15.5 Å². The van der Waals surface area contributed by atoms with Gasteiger partial charge in [-0.2, -0.15) is 0 Å². The van der Waals surface area contributed by atoms with E-state index in [-0.39, 0.29) is 16.9 Å². The van der Waals surface area contributed by atoms with Gasteiger partial charge in [0, 0.05) is 53.4 Å². The van der Waals surface area contributed by atoms with Gasteiger partial charge in [-0.3, -0.25) is 9.99 Å². The van der Waals surface area contributed by atoms with Crippen LogP contribution in [0, 0.1) is 0 Å². The lowest BCUT2D eigenvalue weighted by molar-refractivity contribution is 0.470. The van der Waals surface area contributed by atoms with Crippen LogP contribution in [-0.4, -0.2) is 29.1 Å². The minimum atomic E-state index is -0.110. The van der Waals surface area contributed by atoms with E-state index in [1.807, 2.05) is 24.4 Å². The lowest BCUT2D eigenvalue weighted by Gasteiger charge is -2.33. The second-order valence-electron chi connectivity index (χ2n) is 14.7. The van der Waals surface area contributed by atoms with Crippen LogP contribution >= 0.6 is 0 Å². The summed E-state index contributed by atoms with van der Waals surface area (Å²) >= 11 is 0. The van der Waals surface area contributed by atoms with Crippen molar-refractivity contribution in [1.82, 2.24) is 9.99 Å². The largest absolute Gasteiger partial charge is 0.396 e. The van der Waals surface area contributed by atoms with Crippen LogP contribution in [0.3, 0.4) is 0 Å². The molecule has 3 heterocycles. The Morgan fingerprint density at radius 2 is 1.57 bits per heavy atom. The average molecular weight is 655 g/mol. The number of rotatable bonds is 10. The van der Waals surface area contributed by atoms with Crippen LogP contribution in [0.15, 0.2) is 126 Å². The highest BCUT2D eigenvalue weighted by molar-refractivity contribution is 5.71. The Morgan fingerprint density at radius 3 is 2.29 bits per heavy atom. The van der Waals surface area contributed by atoms with Crippen molar-refractivity contribution in [3.05, 3.63) is 143 Å². The van der Waals surface area contributed by atoms with Crippen molar-refractivity contribution < 1.29 is 0 Å². The number of anilines is 2. The summed E-state index contributed by atoms with van der Waals surface area (Å²) in [6.07, 6.45) is 18.1. The van der Waals surface area contributed by atoms with Gasteiger partial charge in [-0.05, 0) is 84.7 Å². The topological polar surface area (TPSA) is 74.7 Å². The third kappa shape index (κ3) is 6.47. The summed E-state index contributed by atoms with van der Waals surface area (Å²) < 4.78 is 0. The molecule has 3 aliphatic rings. The molecule has 1 atom stereocenters. The zero-order chi connectivity index (χ0) is 34.8. The first-order chi connectivity index (χ1) is 23.6. The first-order valence-corrected chi connectivity index (χ1v) is 18.1. The molecule has 4 N–H and O–H groups in total. The number of benzene rings is 2. The fourth-order valence-electron chi connectivity index (χ4n) is 8.19. The number of hydrogen-bond acceptors (Lipinski definition) is 6. The standard InChI is InChI=1S/C43H54N6/c1-7-28-47-37-21-11-9-18-33(37)42(3,4)39(47)25-23-31-16-15-17-32(41(31)49(45)30-35(44)36-20-13-14-27-46-36)24-26-40-43(5,6)34-19-10-12-22-38(34)48(40)29-8-2/h9-14,18-27,30,39H,7-8,15-17,28-29,44-45H2,1-6H3/b25-23+,32-24+,35-30-,40-26+. The van der Waals surface area contributed by atoms with Gasteiger partial charge in [0.1, 0.15) is 0 Å². The normalized spacial score (nSPS) is 21.6. The Labute approximate surface area is 294 Å². The first kappa shape index (κ1) is 34.3. The van der Waals surface area contributed by atoms with Crippen LogP contribution in [0.2, 0.25) is 0 Å². The number of aromatic nitrogens is 1. The fraction of sp³-hybridized carbons (Fsp3) is 0.372. The predicted octanol–water partition coefficient (Wildman–Crippen LogP) is 9.10. The van der Waals surface area contributed by atoms with Gasteiger partial charge in [0.2, 0.25) is 0 Å². The summed E-state index contributed by atoms with van der Waals surface area (Å²) in [4.78, 5) is 9.56. The number of allylic oxidation sites excluding steroid dienone is 6. The molecule has 1 unspecified atom stereocenters. The van der Waals surface area contributed by atoms with Gasteiger partial charge in [-0.1, -0.05) is 102 Å². The van der Waals surface area contributed by atoms with E-state index < -0.39 is 0 Å². The van der Waals surface area contributed by atoms with Crippen molar-refractivity contribution in [2.24, 2.45) is 11.6 Å². The molecular weight excluding hydrogens is 601 g/mol. The minimum absolute atomic E-state index is 0.0295. The molecule has 0 bridgehead atoms. The van der Waals surface area contributed by atoms with Gasteiger partial charge >= 0.3 is 0 Å². The zero-order valence-corrected chi connectivity index (χ0v) is 30.3. The monoisotopic (exact) mass is 654 g/mol. The van der Waals surface area contributed by atoms with Crippen LogP contribution < -0.4 is 21.4 Å². The molecule has 49 heavy (non-hydrogen) atoms. The molecule has 6 nitrogen and oxygen atoms in total. The molecule has 0 fully saturated rings. The molecular formula is C43H54N6. The molecule has 0 amide bonds. The molecule has 2 aliphatic heterocycles. The van der Waals surface area contributed by atoms with Crippen molar-refractivity contribution in [2.45, 2.75) is 90.5 Å². The molecule has 0 saturated carbocycles. The van der Waals surface area contributed by atoms with E-state index in [0.29, 0.717) is 11.4 Å². The summed E-state index contributed by atoms with van der Waals surface area (Å²) in [5.74, 6) is 7.00. The van der Waals surface area contributed by atoms with Gasteiger partial charge in [-0.15, -0.1) is 0 Å². The summed E-state index contributed by atoms with van der Waals surface area (Å²) in [6.45, 7) is 15.9. The summed E-state index contributed by atoms with van der Waals surface area (Å²) in [5.41, 5.74) is 17.9. The first-order valence-electron chi connectivity index (χ1n) is 18.1. The second-order valence-corrected chi connectivity index (χ2v) is 14.7. The van der Waals surface area contributed by atoms with Gasteiger partial charge in [-0.25, -0.2) is 5.84 Å². The molecule has 0 saturated heterocycles. The SMILES string of the molecule is CCCN1/C(=C/C=C2\CCCC(/C=C/C3N(CCC)c4ccccc4C3(C)C)=C2N(N)/C=C(\N)c2ccccn2)C(C)(C)c2ccccc21. The van der Waals surface area contributed by atoms with Crippen LogP contribution in [0.25, 0.3) is 5.70 Å². The van der Waals surface area contributed by atoms with Crippen LogP contribution in [0.1, 0.15) is 90.5 Å². The van der Waals surface area contributed by atoms with Gasteiger partial charge in [0.15, 0.2) is 0 Å². The van der Waals surface area contributed by atoms with E-state index in [2.05, 4.69) is 129 Å². The summed E-state index contributed by atoms with van der Waals surface area (Å²) in [6, 6.07) is 23.7. The molecule has 1 aromatic heterocycles. The molecule has 6 rings (SSSR count). The molecule has 3 aromatic rings. The maximum atomic E-state index is 7.00. The highest BCUT2D eigenvalue weighted by Crippen LogP contribution is 2.48. The lowest BCUT2D eigenvalue weighted by atomic mass is 9.80. The maximum absolute atomic E-state index is 7.00. The van der Waals surface area contributed by atoms with Crippen molar-refractivity contribution in [3.63, 3.8) is 0 Å². The molecule has 6 heteroatoms. The third-order valence-electron chi connectivity index (χ3n) is 10.6. The zero-order valence-electron chi connectivity index (χ0n) is 30.3. The predicted molar refractivity (Wildman–Crippen MR) is 207 cm³/mol. The van der Waals surface area contributed by atoms with Crippen LogP contribution in [-0.2, 0) is 10.8 Å². The molecule has 0 radical (unpaired) electrons.